The number of amides is 2. The standard InChI is InChI=1S/C21H28N2O2/c24-19(7-4-8-22-20(25)18-5-2-1-3-6-18)23-21-12-15-9-16(13-21)11-17(10-15)14-21/h1-3,5-6,15-17H,4,7-14H2,(H,22,25)(H,23,24). The molecule has 0 radical (unpaired) electrons. The van der Waals surface area contributed by atoms with Gasteiger partial charge in [-0.25, -0.2) is 0 Å². The van der Waals surface area contributed by atoms with E-state index in [2.05, 4.69) is 10.6 Å². The minimum atomic E-state index is -0.0675. The molecule has 134 valence electrons. The van der Waals surface area contributed by atoms with Crippen LogP contribution in [0.15, 0.2) is 30.3 Å². The Hall–Kier alpha value is -1.84. The molecule has 2 N–H and O–H groups in total. The topological polar surface area (TPSA) is 58.2 Å². The molecule has 25 heavy (non-hydrogen) atoms. The van der Waals surface area contributed by atoms with Gasteiger partial charge in [0.15, 0.2) is 0 Å². The summed E-state index contributed by atoms with van der Waals surface area (Å²) in [5, 5.41) is 6.29. The third-order valence-electron chi connectivity index (χ3n) is 6.34. The monoisotopic (exact) mass is 340 g/mol. The molecule has 4 aliphatic carbocycles. The van der Waals surface area contributed by atoms with Crippen LogP contribution in [0.5, 0.6) is 0 Å². The molecule has 0 aliphatic heterocycles. The first-order valence-electron chi connectivity index (χ1n) is 9.76. The second-order valence-electron chi connectivity index (χ2n) is 8.47. The molecule has 0 saturated heterocycles. The maximum Gasteiger partial charge on any atom is 0.251 e. The van der Waals surface area contributed by atoms with Gasteiger partial charge in [0.1, 0.15) is 0 Å². The van der Waals surface area contributed by atoms with Gasteiger partial charge in [0, 0.05) is 24.1 Å². The molecule has 4 fully saturated rings. The highest BCUT2D eigenvalue weighted by atomic mass is 16.2. The number of carbonyl (C=O) groups is 2. The second kappa shape index (κ2) is 6.81. The molecule has 0 spiro atoms. The van der Waals surface area contributed by atoms with E-state index < -0.39 is 0 Å². The van der Waals surface area contributed by atoms with E-state index in [1.165, 1.54) is 38.5 Å². The highest BCUT2D eigenvalue weighted by Crippen LogP contribution is 2.55. The fourth-order valence-corrected chi connectivity index (χ4v) is 5.76. The van der Waals surface area contributed by atoms with E-state index in [1.54, 1.807) is 12.1 Å². The van der Waals surface area contributed by atoms with E-state index in [0.717, 1.165) is 17.8 Å². The van der Waals surface area contributed by atoms with Crippen molar-refractivity contribution in [2.45, 2.75) is 56.9 Å². The second-order valence-corrected chi connectivity index (χ2v) is 8.47. The van der Waals surface area contributed by atoms with E-state index in [0.29, 0.717) is 24.9 Å². The predicted molar refractivity (Wildman–Crippen MR) is 97.1 cm³/mol. The van der Waals surface area contributed by atoms with Crippen LogP contribution in [0.1, 0.15) is 61.7 Å². The van der Waals surface area contributed by atoms with E-state index in [1.807, 2.05) is 18.2 Å². The molecular weight excluding hydrogens is 312 g/mol. The molecule has 2 amide bonds. The van der Waals surface area contributed by atoms with Crippen molar-refractivity contribution >= 4 is 11.8 Å². The molecule has 4 nitrogen and oxygen atoms in total. The van der Waals surface area contributed by atoms with Crippen LogP contribution < -0.4 is 10.6 Å². The normalized spacial score (nSPS) is 32.4. The summed E-state index contributed by atoms with van der Waals surface area (Å²) >= 11 is 0. The highest BCUT2D eigenvalue weighted by Gasteiger charge is 2.51. The lowest BCUT2D eigenvalue weighted by Crippen LogP contribution is -2.59. The summed E-state index contributed by atoms with van der Waals surface area (Å²) in [5.74, 6) is 2.63. The van der Waals surface area contributed by atoms with Crippen molar-refractivity contribution in [1.29, 1.82) is 0 Å². The van der Waals surface area contributed by atoms with Crippen molar-refractivity contribution in [2.75, 3.05) is 6.54 Å². The molecule has 5 rings (SSSR count). The van der Waals surface area contributed by atoms with Crippen molar-refractivity contribution < 1.29 is 9.59 Å². The van der Waals surface area contributed by atoms with Gasteiger partial charge in [-0.15, -0.1) is 0 Å². The van der Waals surface area contributed by atoms with E-state index >= 15 is 0 Å². The molecule has 4 saturated carbocycles. The fourth-order valence-electron chi connectivity index (χ4n) is 5.76. The quantitative estimate of drug-likeness (QED) is 0.781. The third kappa shape index (κ3) is 3.73. The zero-order chi connectivity index (χ0) is 17.3. The van der Waals surface area contributed by atoms with Crippen LogP contribution in [0.25, 0.3) is 0 Å². The minimum Gasteiger partial charge on any atom is -0.352 e. The van der Waals surface area contributed by atoms with Gasteiger partial charge in [0.25, 0.3) is 5.91 Å². The minimum absolute atomic E-state index is 0.0675. The molecule has 0 atom stereocenters. The molecule has 0 heterocycles. The van der Waals surface area contributed by atoms with Gasteiger partial charge in [-0.2, -0.15) is 0 Å². The van der Waals surface area contributed by atoms with Crippen LogP contribution >= 0.6 is 0 Å². The lowest BCUT2D eigenvalue weighted by atomic mass is 9.53. The number of hydrogen-bond donors (Lipinski definition) is 2. The Labute approximate surface area is 149 Å². The van der Waals surface area contributed by atoms with Gasteiger partial charge in [-0.1, -0.05) is 18.2 Å². The summed E-state index contributed by atoms with van der Waals surface area (Å²) in [6.07, 6.45) is 8.93. The van der Waals surface area contributed by atoms with Crippen LogP contribution in [0.3, 0.4) is 0 Å². The van der Waals surface area contributed by atoms with E-state index in [4.69, 9.17) is 0 Å². The summed E-state index contributed by atoms with van der Waals surface area (Å²) in [4.78, 5) is 24.4. The van der Waals surface area contributed by atoms with Gasteiger partial charge < -0.3 is 10.6 Å². The Balaban J connectivity index is 1.20. The van der Waals surface area contributed by atoms with E-state index in [9.17, 15) is 9.59 Å². The molecular formula is C21H28N2O2. The van der Waals surface area contributed by atoms with Crippen LogP contribution in [0.2, 0.25) is 0 Å². The zero-order valence-corrected chi connectivity index (χ0v) is 14.8. The van der Waals surface area contributed by atoms with Crippen molar-refractivity contribution in [1.82, 2.24) is 10.6 Å². The van der Waals surface area contributed by atoms with Crippen LogP contribution in [-0.2, 0) is 4.79 Å². The van der Waals surface area contributed by atoms with Gasteiger partial charge in [0.2, 0.25) is 5.91 Å². The van der Waals surface area contributed by atoms with Gasteiger partial charge in [-0.3, -0.25) is 9.59 Å². The van der Waals surface area contributed by atoms with Gasteiger partial charge in [0.05, 0.1) is 0 Å². The molecule has 4 heteroatoms. The number of benzene rings is 1. The largest absolute Gasteiger partial charge is 0.352 e. The molecule has 1 aromatic rings. The van der Waals surface area contributed by atoms with Crippen molar-refractivity contribution in [2.24, 2.45) is 17.8 Å². The maximum absolute atomic E-state index is 12.4. The first-order chi connectivity index (χ1) is 12.1. The number of nitrogens with one attached hydrogen (secondary N) is 2. The molecule has 0 unspecified atom stereocenters. The maximum atomic E-state index is 12.4. The summed E-state index contributed by atoms with van der Waals surface area (Å²) < 4.78 is 0. The number of hydrogen-bond acceptors (Lipinski definition) is 2. The Bertz CT molecular complexity index is 605. The van der Waals surface area contributed by atoms with Crippen molar-refractivity contribution in [3.8, 4) is 0 Å². The first kappa shape index (κ1) is 16.6. The summed E-state index contributed by atoms with van der Waals surface area (Å²) in [5.41, 5.74) is 0.763. The first-order valence-corrected chi connectivity index (χ1v) is 9.76. The van der Waals surface area contributed by atoms with Gasteiger partial charge >= 0.3 is 0 Å². The highest BCUT2D eigenvalue weighted by molar-refractivity contribution is 5.94. The number of carbonyl (C=O) groups excluding carboxylic acids is 2. The van der Waals surface area contributed by atoms with Crippen molar-refractivity contribution in [3.63, 3.8) is 0 Å². The summed E-state index contributed by atoms with van der Waals surface area (Å²) in [6, 6.07) is 9.21. The Morgan fingerprint density at radius 3 is 2.16 bits per heavy atom. The average molecular weight is 340 g/mol. The lowest BCUT2D eigenvalue weighted by Gasteiger charge is -2.56. The molecule has 1 aromatic carbocycles. The van der Waals surface area contributed by atoms with Crippen LogP contribution in [0.4, 0.5) is 0 Å². The fraction of sp³-hybridized carbons (Fsp3) is 0.619. The molecule has 4 bridgehead atoms. The molecule has 0 aromatic heterocycles. The SMILES string of the molecule is O=C(CCCNC(=O)c1ccccc1)NC12CC3CC(CC(C3)C1)C2. The van der Waals surface area contributed by atoms with Crippen LogP contribution in [-0.4, -0.2) is 23.9 Å². The predicted octanol–water partition coefficient (Wildman–Crippen LogP) is 3.28. The van der Waals surface area contributed by atoms with E-state index in [-0.39, 0.29) is 17.4 Å². The summed E-state index contributed by atoms with van der Waals surface area (Å²) in [7, 11) is 0. The van der Waals surface area contributed by atoms with Gasteiger partial charge in [-0.05, 0) is 74.8 Å². The summed E-state index contributed by atoms with van der Waals surface area (Å²) in [6.45, 7) is 0.544. The average Bonchev–Trinajstić information content (AvgIpc) is 2.57. The van der Waals surface area contributed by atoms with Crippen LogP contribution in [0, 0.1) is 17.8 Å². The zero-order valence-electron chi connectivity index (χ0n) is 14.8. The molecule has 4 aliphatic rings. The lowest BCUT2D eigenvalue weighted by molar-refractivity contribution is -0.126. The van der Waals surface area contributed by atoms with Crippen molar-refractivity contribution in [3.05, 3.63) is 35.9 Å². The smallest absolute Gasteiger partial charge is 0.251 e. The Morgan fingerprint density at radius 2 is 1.56 bits per heavy atom. The third-order valence-corrected chi connectivity index (χ3v) is 6.34. The Morgan fingerprint density at radius 1 is 0.960 bits per heavy atom. The number of rotatable bonds is 6. The Kier molecular flexibility index (Phi) is 4.53.